The van der Waals surface area contributed by atoms with Gasteiger partial charge in [-0.1, -0.05) is 35.8 Å². The first kappa shape index (κ1) is 25.2. The van der Waals surface area contributed by atoms with E-state index in [1.54, 1.807) is 17.5 Å². The average molecular weight is 552 g/mol. The lowest BCUT2D eigenvalue weighted by molar-refractivity contribution is 0.116. The van der Waals surface area contributed by atoms with Gasteiger partial charge in [-0.3, -0.25) is 0 Å². The van der Waals surface area contributed by atoms with Crippen LogP contribution in [0.2, 0.25) is 5.15 Å². The number of fused-ring (bicyclic) bond motifs is 1. The van der Waals surface area contributed by atoms with E-state index in [1.165, 1.54) is 6.20 Å². The monoisotopic (exact) mass is 551 g/mol. The van der Waals surface area contributed by atoms with Crippen LogP contribution < -0.4 is 15.0 Å². The van der Waals surface area contributed by atoms with Crippen molar-refractivity contribution < 1.29 is 9.84 Å². The molecule has 198 valence electrons. The van der Waals surface area contributed by atoms with Gasteiger partial charge in [0.15, 0.2) is 10.3 Å². The van der Waals surface area contributed by atoms with Crippen LogP contribution in [0.25, 0.3) is 21.5 Å². The molecule has 0 radical (unpaired) electrons. The summed E-state index contributed by atoms with van der Waals surface area (Å²) in [6.07, 6.45) is 6.97. The number of halogens is 1. The highest BCUT2D eigenvalue weighted by Gasteiger charge is 2.24. The number of thiazole rings is 1. The van der Waals surface area contributed by atoms with Crippen molar-refractivity contribution in [3.8, 4) is 22.9 Å². The van der Waals surface area contributed by atoms with Crippen LogP contribution in [0, 0.1) is 0 Å². The molecule has 1 saturated carbocycles. The number of aromatic nitrogens is 4. The molecular weight excluding hydrogens is 522 g/mol. The van der Waals surface area contributed by atoms with Gasteiger partial charge in [-0.25, -0.2) is 19.9 Å². The van der Waals surface area contributed by atoms with E-state index in [4.69, 9.17) is 16.3 Å². The van der Waals surface area contributed by atoms with E-state index >= 15 is 0 Å². The highest BCUT2D eigenvalue weighted by molar-refractivity contribution is 7.22. The molecule has 11 heteroatoms. The molecule has 38 heavy (non-hydrogen) atoms. The van der Waals surface area contributed by atoms with Crippen LogP contribution in [0.4, 0.5) is 10.9 Å². The lowest BCUT2D eigenvalue weighted by Crippen LogP contribution is -2.44. The quantitative estimate of drug-likeness (QED) is 0.340. The summed E-state index contributed by atoms with van der Waals surface area (Å²) >= 11 is 7.95. The van der Waals surface area contributed by atoms with Crippen molar-refractivity contribution in [1.82, 2.24) is 24.8 Å². The van der Waals surface area contributed by atoms with Crippen molar-refractivity contribution in [3.05, 3.63) is 47.9 Å². The normalized spacial score (nSPS) is 20.6. The molecule has 6 rings (SSSR count). The Kier molecular flexibility index (Phi) is 7.29. The minimum absolute atomic E-state index is 0.0490. The molecule has 2 N–H and O–H groups in total. The molecule has 9 nitrogen and oxygen atoms in total. The highest BCUT2D eigenvalue weighted by Crippen LogP contribution is 2.34. The summed E-state index contributed by atoms with van der Waals surface area (Å²) in [5.41, 5.74) is 2.19. The zero-order valence-electron chi connectivity index (χ0n) is 21.2. The number of aliphatic hydroxyl groups is 1. The van der Waals surface area contributed by atoms with E-state index in [1.807, 2.05) is 30.3 Å². The van der Waals surface area contributed by atoms with Gasteiger partial charge in [0, 0.05) is 44.0 Å². The number of pyridine rings is 1. The Morgan fingerprint density at radius 3 is 2.66 bits per heavy atom. The largest absolute Gasteiger partial charge is 0.437 e. The molecule has 1 saturated heterocycles. The van der Waals surface area contributed by atoms with Crippen molar-refractivity contribution in [2.24, 2.45) is 0 Å². The molecule has 0 spiro atoms. The molecule has 0 unspecified atom stereocenters. The Morgan fingerprint density at radius 1 is 1.03 bits per heavy atom. The van der Waals surface area contributed by atoms with Crippen molar-refractivity contribution in [3.63, 3.8) is 0 Å². The Labute approximate surface area is 230 Å². The molecule has 3 aromatic heterocycles. The van der Waals surface area contributed by atoms with Gasteiger partial charge in [-0.2, -0.15) is 0 Å². The SMILES string of the molecule is CN1CCN(c2ccc(-c3nc(Oc4ccc5nc(N[C@@H]6CCCC[C@H]6O)sc5c4)cnc3Cl)cn2)CC1. The number of nitrogens with one attached hydrogen (secondary N) is 1. The molecule has 2 fully saturated rings. The van der Waals surface area contributed by atoms with E-state index in [0.717, 1.165) is 78.6 Å². The smallest absolute Gasteiger partial charge is 0.238 e. The fourth-order valence-electron chi connectivity index (χ4n) is 4.93. The number of likely N-dealkylation sites (N-methyl/N-ethyl adjacent to an activating group) is 1. The van der Waals surface area contributed by atoms with Crippen molar-refractivity contribution in [1.29, 1.82) is 0 Å². The van der Waals surface area contributed by atoms with Crippen LogP contribution >= 0.6 is 22.9 Å². The molecule has 1 aliphatic carbocycles. The molecule has 2 atom stereocenters. The van der Waals surface area contributed by atoms with E-state index < -0.39 is 0 Å². The zero-order valence-corrected chi connectivity index (χ0v) is 22.8. The molecule has 1 aromatic carbocycles. The van der Waals surface area contributed by atoms with Gasteiger partial charge in [0.25, 0.3) is 0 Å². The molecule has 0 amide bonds. The van der Waals surface area contributed by atoms with Gasteiger partial charge in [0.1, 0.15) is 17.3 Å². The third-order valence-corrected chi connectivity index (χ3v) is 8.40. The topological polar surface area (TPSA) is 99.5 Å². The second kappa shape index (κ2) is 11.0. The van der Waals surface area contributed by atoms with Gasteiger partial charge in [-0.05, 0) is 44.2 Å². The molecule has 2 aliphatic rings. The van der Waals surface area contributed by atoms with E-state index in [9.17, 15) is 5.11 Å². The van der Waals surface area contributed by atoms with Crippen molar-refractivity contribution >= 4 is 44.1 Å². The highest BCUT2D eigenvalue weighted by atomic mass is 35.5. The number of nitrogens with zero attached hydrogens (tertiary/aromatic N) is 6. The number of benzene rings is 1. The van der Waals surface area contributed by atoms with E-state index in [0.29, 0.717) is 22.5 Å². The predicted molar refractivity (Wildman–Crippen MR) is 152 cm³/mol. The van der Waals surface area contributed by atoms with Crippen LogP contribution in [0.1, 0.15) is 25.7 Å². The predicted octanol–water partition coefficient (Wildman–Crippen LogP) is 5.06. The lowest BCUT2D eigenvalue weighted by Gasteiger charge is -2.33. The fourth-order valence-corrected chi connectivity index (χ4v) is 6.09. The fraction of sp³-hybridized carbons (Fsp3) is 0.407. The summed E-state index contributed by atoms with van der Waals surface area (Å²) in [6, 6.07) is 9.76. The van der Waals surface area contributed by atoms with Gasteiger partial charge < -0.3 is 25.0 Å². The number of ether oxygens (including phenoxy) is 1. The number of hydrogen-bond acceptors (Lipinski definition) is 10. The Bertz CT molecular complexity index is 1410. The zero-order chi connectivity index (χ0) is 26.1. The second-order valence-corrected chi connectivity index (χ2v) is 11.3. The van der Waals surface area contributed by atoms with Crippen LogP contribution in [0.15, 0.2) is 42.7 Å². The lowest BCUT2D eigenvalue weighted by atomic mass is 9.93. The van der Waals surface area contributed by atoms with Crippen molar-refractivity contribution in [2.45, 2.75) is 37.8 Å². The van der Waals surface area contributed by atoms with Crippen LogP contribution in [-0.2, 0) is 0 Å². The number of piperazine rings is 1. The summed E-state index contributed by atoms with van der Waals surface area (Å²) in [7, 11) is 2.14. The minimum Gasteiger partial charge on any atom is -0.437 e. The molecule has 1 aliphatic heterocycles. The average Bonchev–Trinajstić information content (AvgIpc) is 3.33. The summed E-state index contributed by atoms with van der Waals surface area (Å²) in [5, 5.41) is 14.8. The molecule has 4 heterocycles. The van der Waals surface area contributed by atoms with Crippen molar-refractivity contribution in [2.75, 3.05) is 43.4 Å². The van der Waals surface area contributed by atoms with Gasteiger partial charge >= 0.3 is 0 Å². The van der Waals surface area contributed by atoms with E-state index in [-0.39, 0.29) is 12.1 Å². The summed E-state index contributed by atoms with van der Waals surface area (Å²) in [5.74, 6) is 1.93. The molecule has 4 aromatic rings. The Hall–Kier alpha value is -3.05. The molecular formula is C27H30ClN7O2S. The van der Waals surface area contributed by atoms with Gasteiger partial charge in [-0.15, -0.1) is 0 Å². The second-order valence-electron chi connectivity index (χ2n) is 9.90. The first-order valence-corrected chi connectivity index (χ1v) is 14.2. The number of hydrogen-bond donors (Lipinski definition) is 2. The number of anilines is 2. The third kappa shape index (κ3) is 5.54. The maximum absolute atomic E-state index is 10.3. The summed E-state index contributed by atoms with van der Waals surface area (Å²) < 4.78 is 7.05. The van der Waals surface area contributed by atoms with Crippen LogP contribution in [0.5, 0.6) is 11.6 Å². The number of rotatable bonds is 6. The third-order valence-electron chi connectivity index (χ3n) is 7.17. The summed E-state index contributed by atoms with van der Waals surface area (Å²) in [6.45, 7) is 3.96. The van der Waals surface area contributed by atoms with Gasteiger partial charge in [0.2, 0.25) is 5.88 Å². The maximum Gasteiger partial charge on any atom is 0.238 e. The molecule has 0 bridgehead atoms. The maximum atomic E-state index is 10.3. The Morgan fingerprint density at radius 2 is 1.87 bits per heavy atom. The minimum atomic E-state index is -0.328. The first-order valence-electron chi connectivity index (χ1n) is 13.0. The van der Waals surface area contributed by atoms with Gasteiger partial charge in [0.05, 0.1) is 28.6 Å². The van der Waals surface area contributed by atoms with Crippen LogP contribution in [0.3, 0.4) is 0 Å². The summed E-state index contributed by atoms with van der Waals surface area (Å²) in [4.78, 5) is 22.9. The Balaban J connectivity index is 1.17. The first-order chi connectivity index (χ1) is 18.5. The van der Waals surface area contributed by atoms with E-state index in [2.05, 4.69) is 42.1 Å². The van der Waals surface area contributed by atoms with Crippen LogP contribution in [-0.4, -0.2) is 75.3 Å². The number of aliphatic hydroxyl groups excluding tert-OH is 1. The standard InChI is InChI=1S/C27H30ClN7O2S/c1-34-10-12-35(13-11-34)23-9-6-17(15-29-23)25-26(28)30-16-24(33-25)37-18-7-8-20-22(14-18)38-27(32-20)31-19-4-2-3-5-21(19)36/h6-9,14-16,19,21,36H,2-5,10-13H2,1H3,(H,31,32)/t19-,21-/m1/s1.